The van der Waals surface area contributed by atoms with Crippen molar-refractivity contribution in [2.24, 2.45) is 0 Å². The van der Waals surface area contributed by atoms with E-state index in [0.29, 0.717) is 7.14 Å². The monoisotopic (exact) mass is 762 g/mol. The molecule has 0 aliphatic heterocycles. The van der Waals surface area contributed by atoms with Crippen LogP contribution in [0.1, 0.15) is 24.2 Å². The number of rotatable bonds is 4. The van der Waals surface area contributed by atoms with E-state index < -0.39 is 23.5 Å². The predicted octanol–water partition coefficient (Wildman–Crippen LogP) is 4.76. The number of carboxylic acids is 1. The van der Waals surface area contributed by atoms with Gasteiger partial charge in [-0.25, -0.2) is 9.59 Å². The van der Waals surface area contributed by atoms with Gasteiger partial charge in [0, 0.05) is 14.3 Å². The number of aliphatic carboxylic acids is 1. The van der Waals surface area contributed by atoms with Crippen LogP contribution in [0.25, 0.3) is 0 Å². The lowest BCUT2D eigenvalue weighted by molar-refractivity contribution is -0.200. The van der Waals surface area contributed by atoms with Crippen molar-refractivity contribution >= 4 is 102 Å². The smallest absolute Gasteiger partial charge is 0.380 e. The Kier molecular flexibility index (Phi) is 7.10. The largest absolute Gasteiger partial charge is 0.477 e. The Balaban J connectivity index is 3.28. The van der Waals surface area contributed by atoms with Gasteiger partial charge in [-0.2, -0.15) is 8.78 Å². The number of hydrogen-bond donors (Lipinski definition) is 1. The second-order valence-electron chi connectivity index (χ2n) is 4.62. The van der Waals surface area contributed by atoms with Gasteiger partial charge in [-0.15, -0.1) is 0 Å². The van der Waals surface area contributed by atoms with Crippen LogP contribution in [-0.2, 0) is 9.53 Å². The average molecular weight is 762 g/mol. The minimum Gasteiger partial charge on any atom is -0.477 e. The molecule has 22 heavy (non-hydrogen) atoms. The number of esters is 1. The molecule has 0 radical (unpaired) electrons. The lowest BCUT2D eigenvalue weighted by Crippen LogP contribution is -2.52. The second-order valence-corrected chi connectivity index (χ2v) is 9.10. The van der Waals surface area contributed by atoms with E-state index in [2.05, 4.69) is 0 Å². The first-order valence-electron chi connectivity index (χ1n) is 5.50. The van der Waals surface area contributed by atoms with Crippen LogP contribution < -0.4 is 0 Å². The summed E-state index contributed by atoms with van der Waals surface area (Å²) in [5, 5.41) is 8.61. The molecule has 1 N–H and O–H groups in total. The summed E-state index contributed by atoms with van der Waals surface area (Å²) >= 11 is 7.90. The predicted molar refractivity (Wildman–Crippen MR) is 109 cm³/mol. The highest BCUT2D eigenvalue weighted by molar-refractivity contribution is 14.1. The molecule has 4 nitrogen and oxygen atoms in total. The molecule has 0 atom stereocenters. The van der Waals surface area contributed by atoms with Crippen LogP contribution >= 0.6 is 90.4 Å². The summed E-state index contributed by atoms with van der Waals surface area (Å²) < 4.78 is 34.9. The topological polar surface area (TPSA) is 63.6 Å². The molecule has 0 heterocycles. The van der Waals surface area contributed by atoms with Gasteiger partial charge >= 0.3 is 17.9 Å². The third-order valence-corrected chi connectivity index (χ3v) is 8.70. The summed E-state index contributed by atoms with van der Waals surface area (Å²) in [6, 6.07) is 1.85. The van der Waals surface area contributed by atoms with Gasteiger partial charge in [0.2, 0.25) is 0 Å². The molecule has 0 aliphatic carbocycles. The number of halogens is 6. The fraction of sp³-hybridized carbons (Fsp3) is 0.333. The average Bonchev–Trinajstić information content (AvgIpc) is 2.35. The van der Waals surface area contributed by atoms with Gasteiger partial charge < -0.3 is 9.84 Å². The molecule has 1 aromatic rings. The normalized spacial score (nSPS) is 12.2. The molecule has 0 saturated heterocycles. The van der Waals surface area contributed by atoms with Crippen LogP contribution in [0.3, 0.4) is 0 Å². The first-order chi connectivity index (χ1) is 9.83. The molecule has 1 aromatic carbocycles. The number of ether oxygens (including phenoxy) is 1. The number of carbonyl (C=O) groups is 2. The fourth-order valence-electron chi connectivity index (χ4n) is 1.36. The van der Waals surface area contributed by atoms with Crippen molar-refractivity contribution in [3.63, 3.8) is 0 Å². The van der Waals surface area contributed by atoms with Crippen LogP contribution in [0.4, 0.5) is 8.78 Å². The van der Waals surface area contributed by atoms with Gasteiger partial charge in [0.1, 0.15) is 0 Å². The molecular weight excluding hydrogens is 754 g/mol. The van der Waals surface area contributed by atoms with E-state index in [1.165, 1.54) is 0 Å². The van der Waals surface area contributed by atoms with Gasteiger partial charge in [-0.05, 0) is 110 Å². The maximum Gasteiger partial charge on any atom is 0.380 e. The number of hydrogen-bond acceptors (Lipinski definition) is 3. The molecule has 0 aromatic heterocycles. The van der Waals surface area contributed by atoms with E-state index in [1.807, 2.05) is 96.4 Å². The summed E-state index contributed by atoms with van der Waals surface area (Å²) in [7, 11) is 0. The highest BCUT2D eigenvalue weighted by Gasteiger charge is 2.57. The molecular formula is C12H8F2I4O4. The van der Waals surface area contributed by atoms with Crippen LogP contribution in [0, 0.1) is 14.3 Å². The maximum atomic E-state index is 13.7. The zero-order valence-electron chi connectivity index (χ0n) is 11.0. The van der Waals surface area contributed by atoms with E-state index in [4.69, 9.17) is 9.84 Å². The number of carbonyl (C=O) groups excluding carboxylic acids is 1. The maximum absolute atomic E-state index is 13.7. The zero-order chi connectivity index (χ0) is 17.5. The Morgan fingerprint density at radius 3 is 1.86 bits per heavy atom. The van der Waals surface area contributed by atoms with E-state index >= 15 is 0 Å². The summed E-state index contributed by atoms with van der Waals surface area (Å²) in [5.41, 5.74) is -2.32. The lowest BCUT2D eigenvalue weighted by atomic mass is 10.0. The van der Waals surface area contributed by atoms with Gasteiger partial charge in [0.25, 0.3) is 0 Å². The van der Waals surface area contributed by atoms with E-state index in [1.54, 1.807) is 0 Å². The molecule has 0 fully saturated rings. The Morgan fingerprint density at radius 1 is 1.09 bits per heavy atom. The Hall–Kier alpha value is 0.940. The van der Waals surface area contributed by atoms with Gasteiger partial charge in [0.05, 0.1) is 5.56 Å². The van der Waals surface area contributed by atoms with Crippen molar-refractivity contribution in [2.45, 2.75) is 25.4 Å². The van der Waals surface area contributed by atoms with Crippen molar-refractivity contribution in [1.29, 1.82) is 0 Å². The van der Waals surface area contributed by atoms with Crippen LogP contribution in [-0.4, -0.2) is 28.6 Å². The van der Waals surface area contributed by atoms with Crippen molar-refractivity contribution in [2.75, 3.05) is 0 Å². The molecule has 0 spiro atoms. The van der Waals surface area contributed by atoms with Crippen LogP contribution in [0.15, 0.2) is 6.07 Å². The third-order valence-electron chi connectivity index (χ3n) is 2.69. The van der Waals surface area contributed by atoms with E-state index in [-0.39, 0.29) is 5.56 Å². The molecule has 0 aliphatic rings. The van der Waals surface area contributed by atoms with Gasteiger partial charge in [-0.3, -0.25) is 0 Å². The third kappa shape index (κ3) is 4.12. The summed E-state index contributed by atoms with van der Waals surface area (Å²) in [6.45, 7) is 1.75. The minimum atomic E-state index is -4.20. The number of alkyl halides is 2. The molecule has 0 bridgehead atoms. The summed E-state index contributed by atoms with van der Waals surface area (Å²) in [6.07, 6.45) is 0. The van der Waals surface area contributed by atoms with Crippen molar-refractivity contribution in [3.05, 3.63) is 25.9 Å². The zero-order valence-corrected chi connectivity index (χ0v) is 19.6. The highest BCUT2D eigenvalue weighted by atomic mass is 127. The lowest BCUT2D eigenvalue weighted by Gasteiger charge is -2.30. The Labute approximate surface area is 179 Å². The van der Waals surface area contributed by atoms with Crippen molar-refractivity contribution < 1.29 is 28.2 Å². The quantitative estimate of drug-likeness (QED) is 0.274. The number of benzene rings is 1. The van der Waals surface area contributed by atoms with Gasteiger partial charge in [0.15, 0.2) is 5.60 Å². The van der Waals surface area contributed by atoms with E-state index in [9.17, 15) is 18.4 Å². The first kappa shape index (κ1) is 21.0. The van der Waals surface area contributed by atoms with Gasteiger partial charge in [-0.1, -0.05) is 0 Å². The van der Waals surface area contributed by atoms with Crippen LogP contribution in [0.5, 0.6) is 0 Å². The highest BCUT2D eigenvalue weighted by Crippen LogP contribution is 2.35. The summed E-state index contributed by atoms with van der Waals surface area (Å²) in [4.78, 5) is 23.0. The fourth-order valence-corrected chi connectivity index (χ4v) is 4.92. The molecule has 0 amide bonds. The van der Waals surface area contributed by atoms with Crippen molar-refractivity contribution in [1.82, 2.24) is 0 Å². The molecule has 1 rings (SSSR count). The minimum absolute atomic E-state index is 0.159. The van der Waals surface area contributed by atoms with Crippen molar-refractivity contribution in [3.8, 4) is 0 Å². The molecule has 10 heteroatoms. The standard InChI is InChI=1S/C12H8F2I4O4/c1-11(2,12(13,14)10(20)21)22-9(19)6-7(17)4(15)3-5(16)8(6)18/h3H,1-2H3,(H,20,21). The Morgan fingerprint density at radius 2 is 1.50 bits per heavy atom. The van der Waals surface area contributed by atoms with Crippen LogP contribution in [0.2, 0.25) is 0 Å². The molecule has 122 valence electrons. The molecule has 0 saturated carbocycles. The number of carboxylic acid groups (broad SMARTS) is 1. The van der Waals surface area contributed by atoms with E-state index in [0.717, 1.165) is 21.0 Å². The Bertz CT molecular complexity index is 620. The SMILES string of the molecule is CC(C)(OC(=O)c1c(I)c(I)cc(I)c1I)C(F)(F)C(=O)O. The second kappa shape index (κ2) is 7.45. The first-order valence-corrected chi connectivity index (χ1v) is 9.82. The molecule has 0 unspecified atom stereocenters. The summed E-state index contributed by atoms with van der Waals surface area (Å²) in [5.74, 6) is -7.52.